The predicted octanol–water partition coefficient (Wildman–Crippen LogP) is 7.08. The van der Waals surface area contributed by atoms with Crippen molar-refractivity contribution in [1.82, 2.24) is 9.80 Å². The van der Waals surface area contributed by atoms with Gasteiger partial charge in [0, 0.05) is 26.1 Å². The van der Waals surface area contributed by atoms with Crippen molar-refractivity contribution >= 4 is 5.97 Å². The van der Waals surface area contributed by atoms with Crippen LogP contribution in [0.25, 0.3) is 0 Å². The number of hydrogen-bond acceptors (Lipinski definition) is 7. The van der Waals surface area contributed by atoms with Crippen LogP contribution in [0.2, 0.25) is 0 Å². The summed E-state index contributed by atoms with van der Waals surface area (Å²) in [4.78, 5) is 16.5. The van der Waals surface area contributed by atoms with E-state index in [1.807, 2.05) is 43.3 Å². The molecule has 2 saturated heterocycles. The Morgan fingerprint density at radius 1 is 0.644 bits per heavy atom. The number of hydrogen-bond donors (Lipinski definition) is 1. The average Bonchev–Trinajstić information content (AvgIpc) is 3.50. The van der Waals surface area contributed by atoms with E-state index in [0.29, 0.717) is 19.4 Å². The molecule has 0 amide bonds. The van der Waals surface area contributed by atoms with E-state index >= 15 is 0 Å². The van der Waals surface area contributed by atoms with Crippen molar-refractivity contribution in [2.45, 2.75) is 96.8 Å². The van der Waals surface area contributed by atoms with Crippen molar-refractivity contribution in [2.24, 2.45) is 0 Å². The second kappa shape index (κ2) is 23.7. The molecule has 1 N–H and O–H groups in total. The first kappa shape index (κ1) is 36.9. The van der Waals surface area contributed by atoms with Crippen molar-refractivity contribution in [1.29, 1.82) is 0 Å². The number of rotatable bonds is 17. The lowest BCUT2D eigenvalue weighted by atomic mass is 10.1. The molecule has 0 atom stereocenters. The van der Waals surface area contributed by atoms with Gasteiger partial charge in [0.25, 0.3) is 0 Å². The van der Waals surface area contributed by atoms with Crippen molar-refractivity contribution in [3.05, 3.63) is 59.7 Å². The summed E-state index contributed by atoms with van der Waals surface area (Å²) in [7, 11) is 0. The third-order valence-electron chi connectivity index (χ3n) is 8.57. The molecule has 0 aromatic heterocycles. The van der Waals surface area contributed by atoms with Gasteiger partial charge in [-0.3, -0.25) is 4.79 Å². The molecule has 0 bridgehead atoms. The number of ether oxygens (including phenoxy) is 3. The zero-order valence-corrected chi connectivity index (χ0v) is 28.1. The lowest BCUT2D eigenvalue weighted by Crippen LogP contribution is -2.26. The monoisotopic (exact) mass is 624 g/mol. The van der Waals surface area contributed by atoms with Crippen LogP contribution in [-0.2, 0) is 22.4 Å². The predicted molar refractivity (Wildman–Crippen MR) is 183 cm³/mol. The van der Waals surface area contributed by atoms with Crippen molar-refractivity contribution in [3.8, 4) is 11.5 Å². The first-order valence-electron chi connectivity index (χ1n) is 17.8. The number of carbonyl (C=O) groups excluding carboxylic acids is 1. The molecule has 0 unspecified atom stereocenters. The number of esters is 1. The van der Waals surface area contributed by atoms with Gasteiger partial charge in [-0.1, -0.05) is 49.9 Å². The number of aryl methyl sites for hydroxylation is 2. The van der Waals surface area contributed by atoms with Gasteiger partial charge in [-0.15, -0.1) is 0 Å². The Bertz CT molecular complexity index is 998. The number of benzene rings is 2. The molecular weight excluding hydrogens is 564 g/mol. The van der Waals surface area contributed by atoms with Crippen LogP contribution < -0.4 is 9.47 Å². The van der Waals surface area contributed by atoms with Crippen LogP contribution >= 0.6 is 0 Å². The van der Waals surface area contributed by atoms with E-state index in [0.717, 1.165) is 69.0 Å². The Morgan fingerprint density at radius 2 is 1.09 bits per heavy atom. The molecule has 0 radical (unpaired) electrons. The van der Waals surface area contributed by atoms with Crippen LogP contribution in [0.15, 0.2) is 48.5 Å². The maximum absolute atomic E-state index is 11.4. The van der Waals surface area contributed by atoms with Gasteiger partial charge >= 0.3 is 5.97 Å². The Morgan fingerprint density at radius 3 is 1.51 bits per heavy atom. The SMILES string of the molecule is CCOC(=O)CCc1ccc(OCCCN2CCCCCC2)cc1.OCCCc1ccc(OCCCN2CCCCCC2)cc1. The fraction of sp³-hybridized carbons (Fsp3) is 0.658. The van der Waals surface area contributed by atoms with Gasteiger partial charge in [-0.05, 0) is 126 Å². The van der Waals surface area contributed by atoms with Gasteiger partial charge in [-0.25, -0.2) is 0 Å². The molecule has 0 saturated carbocycles. The lowest BCUT2D eigenvalue weighted by molar-refractivity contribution is -0.143. The molecule has 45 heavy (non-hydrogen) atoms. The van der Waals surface area contributed by atoms with Crippen molar-refractivity contribution < 1.29 is 24.1 Å². The van der Waals surface area contributed by atoms with Crippen LogP contribution in [0.4, 0.5) is 0 Å². The minimum absolute atomic E-state index is 0.133. The minimum Gasteiger partial charge on any atom is -0.494 e. The van der Waals surface area contributed by atoms with E-state index in [9.17, 15) is 4.79 Å². The third kappa shape index (κ3) is 17.0. The maximum atomic E-state index is 11.4. The van der Waals surface area contributed by atoms with E-state index in [1.54, 1.807) is 0 Å². The fourth-order valence-electron chi connectivity index (χ4n) is 5.94. The smallest absolute Gasteiger partial charge is 0.306 e. The molecule has 2 aromatic carbocycles. The number of likely N-dealkylation sites (tertiary alicyclic amines) is 2. The number of nitrogens with zero attached hydrogens (tertiary/aromatic N) is 2. The van der Waals surface area contributed by atoms with E-state index in [4.69, 9.17) is 19.3 Å². The molecule has 7 nitrogen and oxygen atoms in total. The summed E-state index contributed by atoms with van der Waals surface area (Å²) in [5.74, 6) is 1.73. The third-order valence-corrected chi connectivity index (χ3v) is 8.57. The molecule has 0 aliphatic carbocycles. The summed E-state index contributed by atoms with van der Waals surface area (Å²) in [5, 5.41) is 8.82. The van der Waals surface area contributed by atoms with Gasteiger partial charge in [0.2, 0.25) is 0 Å². The molecule has 4 rings (SSSR count). The summed E-state index contributed by atoms with van der Waals surface area (Å²) >= 11 is 0. The zero-order chi connectivity index (χ0) is 31.8. The highest BCUT2D eigenvalue weighted by molar-refractivity contribution is 5.69. The molecule has 0 spiro atoms. The normalized spacial score (nSPS) is 16.1. The Kier molecular flexibility index (Phi) is 19.4. The second-order valence-electron chi connectivity index (χ2n) is 12.3. The van der Waals surface area contributed by atoms with Crippen LogP contribution in [-0.4, -0.2) is 86.6 Å². The minimum atomic E-state index is -0.133. The van der Waals surface area contributed by atoms with Gasteiger partial charge < -0.3 is 29.1 Å². The summed E-state index contributed by atoms with van der Waals surface area (Å²) in [6, 6.07) is 16.3. The summed E-state index contributed by atoms with van der Waals surface area (Å²) < 4.78 is 16.6. The number of aliphatic hydroxyl groups excluding tert-OH is 1. The number of aliphatic hydroxyl groups is 1. The van der Waals surface area contributed by atoms with E-state index in [-0.39, 0.29) is 12.6 Å². The fourth-order valence-corrected chi connectivity index (χ4v) is 5.94. The van der Waals surface area contributed by atoms with Crippen LogP contribution in [0.3, 0.4) is 0 Å². The van der Waals surface area contributed by atoms with Crippen molar-refractivity contribution in [3.63, 3.8) is 0 Å². The Balaban J connectivity index is 0.000000248. The highest BCUT2D eigenvalue weighted by atomic mass is 16.5. The highest BCUT2D eigenvalue weighted by Gasteiger charge is 2.09. The maximum Gasteiger partial charge on any atom is 0.306 e. The first-order chi connectivity index (χ1) is 22.2. The molecule has 2 aromatic rings. The summed E-state index contributed by atoms with van der Waals surface area (Å²) in [5.41, 5.74) is 2.40. The average molecular weight is 625 g/mol. The van der Waals surface area contributed by atoms with Gasteiger partial charge in [0.1, 0.15) is 11.5 Å². The largest absolute Gasteiger partial charge is 0.494 e. The molecule has 2 fully saturated rings. The molecule has 2 aliphatic heterocycles. The Hall–Kier alpha value is -2.61. The number of carbonyl (C=O) groups is 1. The van der Waals surface area contributed by atoms with Gasteiger partial charge in [0.05, 0.1) is 19.8 Å². The molecular formula is C38H60N2O5. The highest BCUT2D eigenvalue weighted by Crippen LogP contribution is 2.16. The summed E-state index contributed by atoms with van der Waals surface area (Å²) in [6.07, 6.45) is 16.1. The van der Waals surface area contributed by atoms with Gasteiger partial charge in [0.15, 0.2) is 0 Å². The quantitative estimate of drug-likeness (QED) is 0.149. The Labute approximate surface area is 273 Å². The van der Waals surface area contributed by atoms with Crippen LogP contribution in [0.1, 0.15) is 95.1 Å². The molecule has 252 valence electrons. The van der Waals surface area contributed by atoms with Crippen molar-refractivity contribution in [2.75, 3.05) is 65.7 Å². The van der Waals surface area contributed by atoms with E-state index < -0.39 is 0 Å². The van der Waals surface area contributed by atoms with E-state index in [2.05, 4.69) is 21.9 Å². The van der Waals surface area contributed by atoms with E-state index in [1.165, 1.54) is 83.1 Å². The lowest BCUT2D eigenvalue weighted by Gasteiger charge is -2.19. The molecule has 7 heteroatoms. The topological polar surface area (TPSA) is 71.5 Å². The zero-order valence-electron chi connectivity index (χ0n) is 28.1. The summed E-state index contributed by atoms with van der Waals surface area (Å²) in [6.45, 7) is 11.4. The standard InChI is InChI=1S/C20H31NO3.C18H29NO2/c1-2-23-20(22)13-10-18-8-11-19(12-9-18)24-17-7-16-21-14-5-3-4-6-15-21;20-15-5-7-17-8-10-18(11-9-17)21-16-6-14-19-12-3-1-2-4-13-19/h8-9,11-12H,2-7,10,13-17H2,1H3;8-11,20H,1-7,12-16H2. The molecule has 2 heterocycles. The van der Waals surface area contributed by atoms with Crippen LogP contribution in [0, 0.1) is 0 Å². The van der Waals surface area contributed by atoms with Gasteiger partial charge in [-0.2, -0.15) is 0 Å². The molecule has 2 aliphatic rings. The van der Waals surface area contributed by atoms with Crippen LogP contribution in [0.5, 0.6) is 11.5 Å². The first-order valence-corrected chi connectivity index (χ1v) is 17.8. The second-order valence-corrected chi connectivity index (χ2v) is 12.3.